The van der Waals surface area contributed by atoms with Crippen LogP contribution in [-0.4, -0.2) is 39.7 Å². The zero-order chi connectivity index (χ0) is 22.3. The number of carbonyl (C=O) groups excluding carboxylic acids is 1. The van der Waals surface area contributed by atoms with Crippen molar-refractivity contribution in [2.45, 2.75) is 38.3 Å². The van der Waals surface area contributed by atoms with E-state index in [1.54, 1.807) is 24.3 Å². The summed E-state index contributed by atoms with van der Waals surface area (Å²) in [5.74, 6) is -1.12. The summed E-state index contributed by atoms with van der Waals surface area (Å²) in [5.41, 5.74) is -2.29. The Morgan fingerprint density at radius 2 is 1.87 bits per heavy atom. The van der Waals surface area contributed by atoms with E-state index in [0.29, 0.717) is 10.6 Å². The van der Waals surface area contributed by atoms with Crippen LogP contribution in [-0.2, 0) is 4.79 Å². The van der Waals surface area contributed by atoms with Crippen LogP contribution < -0.4 is 4.74 Å². The third-order valence-electron chi connectivity index (χ3n) is 4.58. The topological polar surface area (TPSA) is 62.1 Å². The SMILES string of the molecule is Cc1ccc(C2=NN(C(=O)[C@@H](C)Oc3ccc(Cl)cc3Cl)[C@@](O)(C(F)(F)F)C2)cc1. The third kappa shape index (κ3) is 4.26. The summed E-state index contributed by atoms with van der Waals surface area (Å²) in [5, 5.41) is 14.7. The number of rotatable bonds is 4. The second-order valence-electron chi connectivity index (χ2n) is 6.89. The smallest absolute Gasteiger partial charge is 0.438 e. The summed E-state index contributed by atoms with van der Waals surface area (Å²) in [7, 11) is 0. The first-order valence-corrected chi connectivity index (χ1v) is 9.57. The van der Waals surface area contributed by atoms with Crippen molar-refractivity contribution in [1.29, 1.82) is 0 Å². The molecule has 1 amide bonds. The molecule has 0 fully saturated rings. The van der Waals surface area contributed by atoms with Gasteiger partial charge in [-0.2, -0.15) is 23.3 Å². The van der Waals surface area contributed by atoms with E-state index >= 15 is 0 Å². The number of ether oxygens (including phenoxy) is 1. The number of alkyl halides is 3. The lowest BCUT2D eigenvalue weighted by molar-refractivity contribution is -0.303. The highest BCUT2D eigenvalue weighted by Gasteiger charge is 2.63. The lowest BCUT2D eigenvalue weighted by Crippen LogP contribution is -2.58. The molecule has 0 bridgehead atoms. The summed E-state index contributed by atoms with van der Waals surface area (Å²) >= 11 is 11.8. The standard InChI is InChI=1S/C20H17Cl2F3N2O3/c1-11-3-5-13(6-4-11)16-10-19(29,20(23,24)25)27(26-16)18(28)12(2)30-17-8-7-14(21)9-15(17)22/h3-9,12,29H,10H2,1-2H3/t12-,19+/m1/s1. The van der Waals surface area contributed by atoms with Crippen molar-refractivity contribution in [3.05, 3.63) is 63.6 Å². The highest BCUT2D eigenvalue weighted by molar-refractivity contribution is 6.35. The summed E-state index contributed by atoms with van der Waals surface area (Å²) in [4.78, 5) is 12.8. The fraction of sp³-hybridized carbons (Fsp3) is 0.300. The molecule has 2 aromatic carbocycles. The van der Waals surface area contributed by atoms with Gasteiger partial charge < -0.3 is 9.84 Å². The number of hydrazone groups is 1. The Morgan fingerprint density at radius 1 is 1.23 bits per heavy atom. The van der Waals surface area contributed by atoms with Crippen molar-refractivity contribution >= 4 is 34.8 Å². The van der Waals surface area contributed by atoms with Gasteiger partial charge in [-0.05, 0) is 37.6 Å². The molecule has 0 unspecified atom stereocenters. The number of benzene rings is 2. The molecule has 2 aromatic rings. The highest BCUT2D eigenvalue weighted by atomic mass is 35.5. The van der Waals surface area contributed by atoms with Gasteiger partial charge in [-0.3, -0.25) is 4.79 Å². The maximum absolute atomic E-state index is 13.7. The molecule has 0 saturated carbocycles. The first-order valence-electron chi connectivity index (χ1n) is 8.82. The molecule has 0 aromatic heterocycles. The fourth-order valence-electron chi connectivity index (χ4n) is 2.89. The summed E-state index contributed by atoms with van der Waals surface area (Å²) in [6, 6.07) is 10.8. The van der Waals surface area contributed by atoms with Crippen molar-refractivity contribution in [2.75, 3.05) is 0 Å². The Bertz CT molecular complexity index is 996. The molecule has 0 radical (unpaired) electrons. The van der Waals surface area contributed by atoms with Crippen LogP contribution in [0.3, 0.4) is 0 Å². The molecule has 1 N–H and O–H groups in total. The summed E-state index contributed by atoms with van der Waals surface area (Å²) < 4.78 is 46.5. The molecule has 0 spiro atoms. The van der Waals surface area contributed by atoms with E-state index < -0.39 is 30.3 Å². The van der Waals surface area contributed by atoms with E-state index in [4.69, 9.17) is 27.9 Å². The Hall–Kier alpha value is -2.29. The van der Waals surface area contributed by atoms with Crippen molar-refractivity contribution in [1.82, 2.24) is 5.01 Å². The third-order valence-corrected chi connectivity index (χ3v) is 5.11. The molecular formula is C20H17Cl2F3N2O3. The normalized spacial score (nSPS) is 20.1. The van der Waals surface area contributed by atoms with Gasteiger partial charge in [0.25, 0.3) is 11.6 Å². The van der Waals surface area contributed by atoms with Gasteiger partial charge in [0.15, 0.2) is 6.10 Å². The zero-order valence-corrected chi connectivity index (χ0v) is 17.4. The van der Waals surface area contributed by atoms with Crippen LogP contribution in [0.15, 0.2) is 47.6 Å². The van der Waals surface area contributed by atoms with E-state index in [2.05, 4.69) is 5.10 Å². The zero-order valence-electron chi connectivity index (χ0n) is 15.9. The molecule has 1 aliphatic rings. The minimum atomic E-state index is -5.14. The molecule has 5 nitrogen and oxygen atoms in total. The van der Waals surface area contributed by atoms with Crippen LogP contribution in [0.5, 0.6) is 5.75 Å². The van der Waals surface area contributed by atoms with E-state index in [1.807, 2.05) is 6.92 Å². The van der Waals surface area contributed by atoms with Crippen LogP contribution in [0.25, 0.3) is 0 Å². The predicted molar refractivity (Wildman–Crippen MR) is 107 cm³/mol. The molecule has 0 aliphatic carbocycles. The van der Waals surface area contributed by atoms with Gasteiger partial charge in [0.1, 0.15) is 5.75 Å². The Balaban J connectivity index is 1.92. The van der Waals surface area contributed by atoms with Gasteiger partial charge in [-0.1, -0.05) is 53.0 Å². The number of carbonyl (C=O) groups is 1. The van der Waals surface area contributed by atoms with Gasteiger partial charge in [0.05, 0.1) is 17.2 Å². The Kier molecular flexibility index (Phi) is 6.04. The molecule has 2 atom stereocenters. The van der Waals surface area contributed by atoms with Gasteiger partial charge in [-0.25, -0.2) is 0 Å². The number of hydrogen-bond acceptors (Lipinski definition) is 4. The first-order chi connectivity index (χ1) is 13.9. The largest absolute Gasteiger partial charge is 0.479 e. The predicted octanol–water partition coefficient (Wildman–Crippen LogP) is 4.96. The lowest BCUT2D eigenvalue weighted by Gasteiger charge is -2.33. The number of halogens is 5. The Morgan fingerprint density at radius 3 is 2.43 bits per heavy atom. The molecule has 1 heterocycles. The average molecular weight is 461 g/mol. The maximum Gasteiger partial charge on any atom is 0.438 e. The number of aliphatic hydroxyl groups is 1. The van der Waals surface area contributed by atoms with Gasteiger partial charge >= 0.3 is 6.18 Å². The molecule has 3 rings (SSSR count). The van der Waals surface area contributed by atoms with Crippen LogP contribution in [0, 0.1) is 6.92 Å². The van der Waals surface area contributed by atoms with Crippen LogP contribution in [0.4, 0.5) is 13.2 Å². The Labute approximate surface area is 180 Å². The van der Waals surface area contributed by atoms with E-state index in [0.717, 1.165) is 5.56 Å². The van der Waals surface area contributed by atoms with Crippen LogP contribution in [0.2, 0.25) is 10.0 Å². The average Bonchev–Trinajstić information content (AvgIpc) is 3.02. The molecule has 30 heavy (non-hydrogen) atoms. The number of amides is 1. The van der Waals surface area contributed by atoms with Crippen LogP contribution >= 0.6 is 23.2 Å². The minimum Gasteiger partial charge on any atom is -0.479 e. The van der Waals surface area contributed by atoms with E-state index in [9.17, 15) is 23.1 Å². The summed E-state index contributed by atoms with van der Waals surface area (Å²) in [6.45, 7) is 3.06. The molecule has 1 aliphatic heterocycles. The number of aryl methyl sites for hydroxylation is 1. The van der Waals surface area contributed by atoms with Crippen molar-refractivity contribution in [3.63, 3.8) is 0 Å². The first kappa shape index (κ1) is 22.4. The molecule has 10 heteroatoms. The van der Waals surface area contributed by atoms with Gasteiger partial charge in [0, 0.05) is 5.02 Å². The number of hydrogen-bond donors (Lipinski definition) is 1. The maximum atomic E-state index is 13.7. The van der Waals surface area contributed by atoms with Gasteiger partial charge in [0.2, 0.25) is 0 Å². The molecular weight excluding hydrogens is 444 g/mol. The van der Waals surface area contributed by atoms with Crippen molar-refractivity contribution < 1.29 is 27.8 Å². The quantitative estimate of drug-likeness (QED) is 0.701. The lowest BCUT2D eigenvalue weighted by atomic mass is 10.00. The van der Waals surface area contributed by atoms with Gasteiger partial charge in [-0.15, -0.1) is 0 Å². The monoisotopic (exact) mass is 460 g/mol. The fourth-order valence-corrected chi connectivity index (χ4v) is 3.34. The summed E-state index contributed by atoms with van der Waals surface area (Å²) in [6.07, 6.45) is -7.46. The van der Waals surface area contributed by atoms with E-state index in [-0.39, 0.29) is 21.5 Å². The van der Waals surface area contributed by atoms with Crippen molar-refractivity contribution in [2.24, 2.45) is 5.10 Å². The van der Waals surface area contributed by atoms with Crippen LogP contribution in [0.1, 0.15) is 24.5 Å². The second kappa shape index (κ2) is 8.09. The number of nitrogens with zero attached hydrogens (tertiary/aromatic N) is 2. The second-order valence-corrected chi connectivity index (χ2v) is 7.73. The minimum absolute atomic E-state index is 0.0384. The van der Waals surface area contributed by atoms with Crippen molar-refractivity contribution in [3.8, 4) is 5.75 Å². The molecule has 160 valence electrons. The molecule has 0 saturated heterocycles. The van der Waals surface area contributed by atoms with E-state index in [1.165, 1.54) is 25.1 Å². The highest BCUT2D eigenvalue weighted by Crippen LogP contribution is 2.42.